The standard InChI is InChI=1S/C21H22N2OS/c1-14-9-15(2)18-11-16(3)21(23-19(18)10-14)25-13-20(24)22-12-17-7-5-4-6-8-17/h4-11H,12-13H2,1-3H3,(H,22,24). The van der Waals surface area contributed by atoms with Crippen molar-refractivity contribution in [3.63, 3.8) is 0 Å². The number of rotatable bonds is 5. The van der Waals surface area contributed by atoms with E-state index in [1.54, 1.807) is 0 Å². The summed E-state index contributed by atoms with van der Waals surface area (Å²) < 4.78 is 0. The number of nitrogens with zero attached hydrogens (tertiary/aromatic N) is 1. The highest BCUT2D eigenvalue weighted by Gasteiger charge is 2.09. The number of thioether (sulfide) groups is 1. The normalized spacial score (nSPS) is 10.8. The fourth-order valence-corrected chi connectivity index (χ4v) is 3.66. The van der Waals surface area contributed by atoms with Gasteiger partial charge in [0.1, 0.15) is 5.03 Å². The average molecular weight is 350 g/mol. The first kappa shape index (κ1) is 17.5. The molecule has 0 aliphatic carbocycles. The van der Waals surface area contributed by atoms with Gasteiger partial charge < -0.3 is 5.32 Å². The molecule has 0 spiro atoms. The lowest BCUT2D eigenvalue weighted by molar-refractivity contribution is -0.118. The number of hydrogen-bond donors (Lipinski definition) is 1. The number of amides is 1. The highest BCUT2D eigenvalue weighted by atomic mass is 32.2. The highest BCUT2D eigenvalue weighted by molar-refractivity contribution is 7.99. The Morgan fingerprint density at radius 2 is 1.80 bits per heavy atom. The van der Waals surface area contributed by atoms with Crippen molar-refractivity contribution in [1.29, 1.82) is 0 Å². The van der Waals surface area contributed by atoms with Crippen LogP contribution in [-0.4, -0.2) is 16.6 Å². The molecule has 0 saturated carbocycles. The molecule has 1 N–H and O–H groups in total. The van der Waals surface area contributed by atoms with Crippen LogP contribution in [0, 0.1) is 20.8 Å². The molecule has 0 aliphatic rings. The van der Waals surface area contributed by atoms with Gasteiger partial charge >= 0.3 is 0 Å². The van der Waals surface area contributed by atoms with Gasteiger partial charge in [-0.25, -0.2) is 4.98 Å². The summed E-state index contributed by atoms with van der Waals surface area (Å²) in [5.41, 5.74) is 5.66. The van der Waals surface area contributed by atoms with Crippen LogP contribution in [0.3, 0.4) is 0 Å². The Morgan fingerprint density at radius 3 is 2.56 bits per heavy atom. The summed E-state index contributed by atoms with van der Waals surface area (Å²) in [6, 6.07) is 16.4. The number of nitrogens with one attached hydrogen (secondary N) is 1. The number of fused-ring (bicyclic) bond motifs is 1. The lowest BCUT2D eigenvalue weighted by Gasteiger charge is -2.10. The van der Waals surface area contributed by atoms with Crippen molar-refractivity contribution in [1.82, 2.24) is 10.3 Å². The first-order valence-corrected chi connectivity index (χ1v) is 9.33. The molecular formula is C21H22N2OS. The first-order chi connectivity index (χ1) is 12.0. The van der Waals surface area contributed by atoms with E-state index in [0.29, 0.717) is 12.3 Å². The second kappa shape index (κ2) is 7.70. The minimum Gasteiger partial charge on any atom is -0.351 e. The third-order valence-electron chi connectivity index (χ3n) is 4.10. The molecule has 1 heterocycles. The van der Waals surface area contributed by atoms with E-state index in [2.05, 4.69) is 44.3 Å². The Labute approximate surface area is 152 Å². The minimum atomic E-state index is 0.0237. The van der Waals surface area contributed by atoms with Crippen LogP contribution in [0.2, 0.25) is 0 Å². The number of hydrogen-bond acceptors (Lipinski definition) is 3. The number of aryl methyl sites for hydroxylation is 3. The quantitative estimate of drug-likeness (QED) is 0.686. The summed E-state index contributed by atoms with van der Waals surface area (Å²) in [6.45, 7) is 6.80. The lowest BCUT2D eigenvalue weighted by atomic mass is 10.1. The van der Waals surface area contributed by atoms with E-state index in [0.717, 1.165) is 21.7 Å². The van der Waals surface area contributed by atoms with Crippen LogP contribution in [0.15, 0.2) is 53.6 Å². The Morgan fingerprint density at radius 1 is 1.04 bits per heavy atom. The van der Waals surface area contributed by atoms with Crippen LogP contribution in [0.25, 0.3) is 10.9 Å². The van der Waals surface area contributed by atoms with Gasteiger partial charge in [-0.1, -0.05) is 48.2 Å². The predicted octanol–water partition coefficient (Wildman–Crippen LogP) is 4.57. The number of benzene rings is 2. The topological polar surface area (TPSA) is 42.0 Å². The molecule has 25 heavy (non-hydrogen) atoms. The van der Waals surface area contributed by atoms with Gasteiger partial charge in [-0.05, 0) is 55.2 Å². The maximum atomic E-state index is 12.1. The van der Waals surface area contributed by atoms with Gasteiger partial charge in [0.25, 0.3) is 0 Å². The van der Waals surface area contributed by atoms with Crippen molar-refractivity contribution in [2.45, 2.75) is 32.3 Å². The van der Waals surface area contributed by atoms with Crippen molar-refractivity contribution < 1.29 is 4.79 Å². The van der Waals surface area contributed by atoms with Crippen LogP contribution in [-0.2, 0) is 11.3 Å². The van der Waals surface area contributed by atoms with Gasteiger partial charge in [-0.3, -0.25) is 4.79 Å². The van der Waals surface area contributed by atoms with Crippen molar-refractivity contribution in [2.24, 2.45) is 0 Å². The summed E-state index contributed by atoms with van der Waals surface area (Å²) in [6.07, 6.45) is 0. The van der Waals surface area contributed by atoms with Crippen molar-refractivity contribution in [3.8, 4) is 0 Å². The summed E-state index contributed by atoms with van der Waals surface area (Å²) in [7, 11) is 0. The van der Waals surface area contributed by atoms with E-state index < -0.39 is 0 Å². The Balaban J connectivity index is 1.66. The molecule has 0 bridgehead atoms. The third-order valence-corrected chi connectivity index (χ3v) is 5.20. The molecule has 128 valence electrons. The molecule has 1 amide bonds. The van der Waals surface area contributed by atoms with Crippen molar-refractivity contribution in [3.05, 3.63) is 70.8 Å². The molecule has 0 aliphatic heterocycles. The fraction of sp³-hybridized carbons (Fsp3) is 0.238. The summed E-state index contributed by atoms with van der Waals surface area (Å²) >= 11 is 1.49. The van der Waals surface area contributed by atoms with Crippen molar-refractivity contribution in [2.75, 3.05) is 5.75 Å². The SMILES string of the molecule is Cc1cc(C)c2cc(C)c(SCC(=O)NCc3ccccc3)nc2c1. The van der Waals surface area contributed by atoms with E-state index in [9.17, 15) is 4.79 Å². The van der Waals surface area contributed by atoms with Crippen molar-refractivity contribution >= 4 is 28.6 Å². The lowest BCUT2D eigenvalue weighted by Crippen LogP contribution is -2.24. The molecule has 4 heteroatoms. The van der Waals surface area contributed by atoms with Crippen LogP contribution < -0.4 is 5.32 Å². The zero-order chi connectivity index (χ0) is 17.8. The second-order valence-corrected chi connectivity index (χ2v) is 7.27. The Kier molecular flexibility index (Phi) is 5.39. The largest absolute Gasteiger partial charge is 0.351 e. The molecule has 0 saturated heterocycles. The highest BCUT2D eigenvalue weighted by Crippen LogP contribution is 2.27. The number of aromatic nitrogens is 1. The van der Waals surface area contributed by atoms with E-state index >= 15 is 0 Å². The molecule has 0 atom stereocenters. The van der Waals surface area contributed by atoms with E-state index in [1.807, 2.05) is 30.3 Å². The summed E-state index contributed by atoms with van der Waals surface area (Å²) in [5.74, 6) is 0.396. The maximum Gasteiger partial charge on any atom is 0.230 e. The molecule has 1 aromatic heterocycles. The van der Waals surface area contributed by atoms with Crippen LogP contribution in [0.4, 0.5) is 0 Å². The minimum absolute atomic E-state index is 0.0237. The predicted molar refractivity (Wildman–Crippen MR) is 105 cm³/mol. The molecule has 0 unspecified atom stereocenters. The van der Waals surface area contributed by atoms with E-state index in [-0.39, 0.29) is 5.91 Å². The Bertz CT molecular complexity index is 907. The zero-order valence-electron chi connectivity index (χ0n) is 14.8. The zero-order valence-corrected chi connectivity index (χ0v) is 15.6. The Hall–Kier alpha value is -2.33. The average Bonchev–Trinajstić information content (AvgIpc) is 2.60. The maximum absolute atomic E-state index is 12.1. The van der Waals surface area contributed by atoms with Crippen LogP contribution in [0.1, 0.15) is 22.3 Å². The molecule has 0 radical (unpaired) electrons. The molecule has 2 aromatic carbocycles. The van der Waals surface area contributed by atoms with Gasteiger partial charge in [0, 0.05) is 11.9 Å². The number of carbonyl (C=O) groups excluding carboxylic acids is 1. The molecule has 3 aromatic rings. The van der Waals surface area contributed by atoms with Crippen LogP contribution in [0.5, 0.6) is 0 Å². The van der Waals surface area contributed by atoms with Gasteiger partial charge in [0.2, 0.25) is 5.91 Å². The molecule has 3 nitrogen and oxygen atoms in total. The van der Waals surface area contributed by atoms with Gasteiger partial charge in [-0.15, -0.1) is 0 Å². The smallest absolute Gasteiger partial charge is 0.230 e. The monoisotopic (exact) mass is 350 g/mol. The fourth-order valence-electron chi connectivity index (χ4n) is 2.84. The number of pyridine rings is 1. The van der Waals surface area contributed by atoms with Gasteiger partial charge in [0.15, 0.2) is 0 Å². The second-order valence-electron chi connectivity index (χ2n) is 6.31. The van der Waals surface area contributed by atoms with Gasteiger partial charge in [0.05, 0.1) is 11.3 Å². The first-order valence-electron chi connectivity index (χ1n) is 8.35. The summed E-state index contributed by atoms with van der Waals surface area (Å²) in [4.78, 5) is 16.9. The van der Waals surface area contributed by atoms with E-state index in [4.69, 9.17) is 4.98 Å². The molecular weight excluding hydrogens is 328 g/mol. The summed E-state index contributed by atoms with van der Waals surface area (Å²) in [5, 5.41) is 5.06. The van der Waals surface area contributed by atoms with Crippen LogP contribution >= 0.6 is 11.8 Å². The van der Waals surface area contributed by atoms with E-state index in [1.165, 1.54) is 28.3 Å². The molecule has 0 fully saturated rings. The molecule has 3 rings (SSSR count). The van der Waals surface area contributed by atoms with Gasteiger partial charge in [-0.2, -0.15) is 0 Å². The third kappa shape index (κ3) is 4.40. The number of carbonyl (C=O) groups is 1.